The average molecular weight is 404 g/mol. The third-order valence-corrected chi connectivity index (χ3v) is 5.20. The molecular weight excluding hydrogens is 386 g/mol. The summed E-state index contributed by atoms with van der Waals surface area (Å²) >= 11 is 6.16. The number of ketones is 1. The Morgan fingerprint density at radius 2 is 1.72 bits per heavy atom. The van der Waals surface area contributed by atoms with Gasteiger partial charge in [-0.05, 0) is 36.8 Å². The smallest absolute Gasteiger partial charge is 0.259 e. The van der Waals surface area contributed by atoms with E-state index in [1.54, 1.807) is 65.2 Å². The molecule has 0 aliphatic carbocycles. The van der Waals surface area contributed by atoms with Crippen molar-refractivity contribution >= 4 is 40.2 Å². The Hall–Kier alpha value is -3.57. The Kier molecular flexibility index (Phi) is 4.82. The van der Waals surface area contributed by atoms with E-state index in [2.05, 4.69) is 5.32 Å². The molecular formula is C23H18ClN3O2. The number of carbonyl (C=O) groups is 2. The van der Waals surface area contributed by atoms with E-state index in [4.69, 9.17) is 17.3 Å². The number of aryl methyl sites for hydroxylation is 1. The maximum Gasteiger partial charge on any atom is 0.259 e. The molecule has 6 heteroatoms. The summed E-state index contributed by atoms with van der Waals surface area (Å²) in [5.41, 5.74) is 9.51. The maximum absolute atomic E-state index is 13.1. The van der Waals surface area contributed by atoms with Crippen molar-refractivity contribution in [2.24, 2.45) is 0 Å². The second kappa shape index (κ2) is 7.45. The van der Waals surface area contributed by atoms with E-state index in [1.807, 2.05) is 19.1 Å². The van der Waals surface area contributed by atoms with E-state index in [0.717, 1.165) is 5.56 Å². The number of nitrogens with zero attached hydrogens (tertiary/aromatic N) is 1. The number of nitrogens with one attached hydrogen (secondary N) is 1. The topological polar surface area (TPSA) is 76.6 Å². The zero-order chi connectivity index (χ0) is 20.5. The minimum atomic E-state index is -0.404. The third kappa shape index (κ3) is 3.37. The molecule has 5 nitrogen and oxygen atoms in total. The van der Waals surface area contributed by atoms with Gasteiger partial charge in [0.25, 0.3) is 5.91 Å². The fourth-order valence-electron chi connectivity index (χ4n) is 3.29. The summed E-state index contributed by atoms with van der Waals surface area (Å²) in [4.78, 5) is 26.2. The highest BCUT2D eigenvalue weighted by Crippen LogP contribution is 2.29. The van der Waals surface area contributed by atoms with Gasteiger partial charge < -0.3 is 15.5 Å². The first kappa shape index (κ1) is 18.8. The Morgan fingerprint density at radius 3 is 2.45 bits per heavy atom. The number of carbonyl (C=O) groups excluding carboxylic acids is 2. The number of nitrogens with two attached hydrogens (primary N) is 1. The van der Waals surface area contributed by atoms with E-state index in [0.29, 0.717) is 21.8 Å². The van der Waals surface area contributed by atoms with Crippen LogP contribution in [0.1, 0.15) is 32.0 Å². The molecule has 4 rings (SSSR count). The van der Waals surface area contributed by atoms with E-state index >= 15 is 0 Å². The number of anilines is 2. The molecule has 0 unspecified atom stereocenters. The number of pyridine rings is 1. The highest BCUT2D eigenvalue weighted by molar-refractivity contribution is 6.31. The van der Waals surface area contributed by atoms with Crippen LogP contribution in [0.15, 0.2) is 72.9 Å². The van der Waals surface area contributed by atoms with E-state index in [9.17, 15) is 9.59 Å². The first-order valence-corrected chi connectivity index (χ1v) is 9.41. The summed E-state index contributed by atoms with van der Waals surface area (Å²) in [7, 11) is 0. The molecule has 1 amide bonds. The van der Waals surface area contributed by atoms with Crippen LogP contribution in [0.2, 0.25) is 5.02 Å². The van der Waals surface area contributed by atoms with Gasteiger partial charge in [-0.1, -0.05) is 54.1 Å². The third-order valence-electron chi connectivity index (χ3n) is 4.79. The normalized spacial score (nSPS) is 10.8. The van der Waals surface area contributed by atoms with Crippen molar-refractivity contribution < 1.29 is 9.59 Å². The van der Waals surface area contributed by atoms with Crippen LogP contribution in [0.3, 0.4) is 0 Å². The molecule has 144 valence electrons. The van der Waals surface area contributed by atoms with Gasteiger partial charge in [0.05, 0.1) is 16.8 Å². The number of amides is 1. The molecule has 0 fully saturated rings. The number of hydrogen-bond acceptors (Lipinski definition) is 3. The van der Waals surface area contributed by atoms with Crippen molar-refractivity contribution in [3.05, 3.63) is 100 Å². The Bertz CT molecular complexity index is 1250. The van der Waals surface area contributed by atoms with Crippen molar-refractivity contribution in [1.82, 2.24) is 4.40 Å². The second-order valence-electron chi connectivity index (χ2n) is 6.71. The van der Waals surface area contributed by atoms with Crippen LogP contribution in [0.5, 0.6) is 0 Å². The van der Waals surface area contributed by atoms with Crippen LogP contribution in [-0.2, 0) is 0 Å². The molecule has 0 aliphatic heterocycles. The van der Waals surface area contributed by atoms with Crippen molar-refractivity contribution in [1.29, 1.82) is 0 Å². The number of benzene rings is 2. The predicted octanol–water partition coefficient (Wildman–Crippen LogP) is 4.97. The molecule has 29 heavy (non-hydrogen) atoms. The van der Waals surface area contributed by atoms with E-state index in [1.165, 1.54) is 0 Å². The lowest BCUT2D eigenvalue weighted by Gasteiger charge is -2.07. The lowest BCUT2D eigenvalue weighted by atomic mass is 10.1. The number of halogens is 1. The summed E-state index contributed by atoms with van der Waals surface area (Å²) in [5, 5.41) is 3.38. The zero-order valence-corrected chi connectivity index (χ0v) is 16.4. The van der Waals surface area contributed by atoms with Crippen LogP contribution >= 0.6 is 11.6 Å². The van der Waals surface area contributed by atoms with Gasteiger partial charge >= 0.3 is 0 Å². The molecule has 0 bridgehead atoms. The van der Waals surface area contributed by atoms with E-state index < -0.39 is 5.91 Å². The first-order chi connectivity index (χ1) is 14.0. The quantitative estimate of drug-likeness (QED) is 0.472. The SMILES string of the molecule is Cc1ccc(NC(=O)c2c(N)c(C(=O)c3ccccc3)n3ccccc23)cc1Cl. The molecule has 0 radical (unpaired) electrons. The molecule has 0 spiro atoms. The fourth-order valence-corrected chi connectivity index (χ4v) is 3.47. The van der Waals surface area contributed by atoms with Gasteiger partial charge in [-0.2, -0.15) is 0 Å². The number of aromatic nitrogens is 1. The summed E-state index contributed by atoms with van der Waals surface area (Å²) in [6.45, 7) is 1.88. The van der Waals surface area contributed by atoms with Crippen LogP contribution in [-0.4, -0.2) is 16.1 Å². The highest BCUT2D eigenvalue weighted by atomic mass is 35.5. The number of fused-ring (bicyclic) bond motifs is 1. The van der Waals surface area contributed by atoms with Gasteiger partial charge in [0, 0.05) is 22.5 Å². The first-order valence-electron chi connectivity index (χ1n) is 9.03. The standard InChI is InChI=1S/C23H18ClN3O2/c1-14-10-11-16(13-17(14)24)26-23(29)19-18-9-5-6-12-27(18)21(20(19)25)22(28)15-7-3-2-4-8-15/h2-13H,25H2,1H3,(H,26,29). The lowest BCUT2D eigenvalue weighted by molar-refractivity contribution is 0.102. The maximum atomic E-state index is 13.1. The summed E-state index contributed by atoms with van der Waals surface area (Å²) in [6.07, 6.45) is 1.72. The molecule has 0 aliphatic rings. The summed E-state index contributed by atoms with van der Waals surface area (Å²) in [5.74, 6) is -0.653. The lowest BCUT2D eigenvalue weighted by Crippen LogP contribution is -2.14. The Morgan fingerprint density at radius 1 is 1.00 bits per heavy atom. The number of hydrogen-bond donors (Lipinski definition) is 2. The molecule has 2 aromatic carbocycles. The molecule has 0 atom stereocenters. The van der Waals surface area contributed by atoms with Crippen molar-refractivity contribution in [2.75, 3.05) is 11.1 Å². The predicted molar refractivity (Wildman–Crippen MR) is 116 cm³/mol. The zero-order valence-electron chi connectivity index (χ0n) is 15.6. The largest absolute Gasteiger partial charge is 0.396 e. The molecule has 3 N–H and O–H groups in total. The Labute approximate surface area is 172 Å². The van der Waals surface area contributed by atoms with Crippen molar-refractivity contribution in [3.63, 3.8) is 0 Å². The van der Waals surface area contributed by atoms with Crippen molar-refractivity contribution in [2.45, 2.75) is 6.92 Å². The van der Waals surface area contributed by atoms with Crippen LogP contribution in [0.4, 0.5) is 11.4 Å². The van der Waals surface area contributed by atoms with Gasteiger partial charge in [-0.25, -0.2) is 0 Å². The van der Waals surface area contributed by atoms with Gasteiger partial charge in [0.15, 0.2) is 0 Å². The van der Waals surface area contributed by atoms with Gasteiger partial charge in [0.2, 0.25) is 5.78 Å². The van der Waals surface area contributed by atoms with Crippen LogP contribution < -0.4 is 11.1 Å². The van der Waals surface area contributed by atoms with Gasteiger partial charge in [0.1, 0.15) is 5.69 Å². The summed E-state index contributed by atoms with van der Waals surface area (Å²) < 4.78 is 1.65. The van der Waals surface area contributed by atoms with E-state index in [-0.39, 0.29) is 22.7 Å². The van der Waals surface area contributed by atoms with Crippen molar-refractivity contribution in [3.8, 4) is 0 Å². The monoisotopic (exact) mass is 403 g/mol. The molecule has 0 saturated heterocycles. The fraction of sp³-hybridized carbons (Fsp3) is 0.0435. The number of rotatable bonds is 4. The minimum absolute atomic E-state index is 0.140. The van der Waals surface area contributed by atoms with Gasteiger partial charge in [-0.15, -0.1) is 0 Å². The molecule has 4 aromatic rings. The highest BCUT2D eigenvalue weighted by Gasteiger charge is 2.26. The van der Waals surface area contributed by atoms with Gasteiger partial charge in [-0.3, -0.25) is 9.59 Å². The molecule has 2 aromatic heterocycles. The average Bonchev–Trinajstić information content (AvgIpc) is 3.02. The number of nitrogen functional groups attached to an aromatic ring is 1. The Balaban J connectivity index is 1.81. The second-order valence-corrected chi connectivity index (χ2v) is 7.11. The molecule has 2 heterocycles. The van der Waals surface area contributed by atoms with Crippen LogP contribution in [0.25, 0.3) is 5.52 Å². The van der Waals surface area contributed by atoms with Crippen LogP contribution in [0, 0.1) is 6.92 Å². The summed E-state index contributed by atoms with van der Waals surface area (Å²) in [6, 6.07) is 19.5. The molecule has 0 saturated carbocycles. The minimum Gasteiger partial charge on any atom is -0.396 e.